The first-order chi connectivity index (χ1) is 7.49. The highest BCUT2D eigenvalue weighted by molar-refractivity contribution is 6.30. The maximum absolute atomic E-state index is 13.0. The Bertz CT molecular complexity index is 381. The number of ether oxygens (including phenoxy) is 1. The molecule has 0 aliphatic carbocycles. The van der Waals surface area contributed by atoms with Gasteiger partial charge >= 0.3 is 5.97 Å². The van der Waals surface area contributed by atoms with E-state index in [1.165, 1.54) is 12.1 Å². The van der Waals surface area contributed by atoms with Crippen LogP contribution < -0.4 is 4.74 Å². The van der Waals surface area contributed by atoms with Gasteiger partial charge in [0.15, 0.2) is 0 Å². The fourth-order valence-electron chi connectivity index (χ4n) is 1.17. The lowest BCUT2D eigenvalue weighted by Crippen LogP contribution is -2.13. The molecule has 0 radical (unpaired) electrons. The van der Waals surface area contributed by atoms with Gasteiger partial charge in [-0.25, -0.2) is 4.39 Å². The average Bonchev–Trinajstić information content (AvgIpc) is 2.21. The smallest absolute Gasteiger partial charge is 0.303 e. The molecule has 1 rings (SSSR count). The fraction of sp³-hybridized carbons (Fsp3) is 0.364. The Balaban J connectivity index is 2.52. The van der Waals surface area contributed by atoms with E-state index in [-0.39, 0.29) is 17.5 Å². The van der Waals surface area contributed by atoms with E-state index in [4.69, 9.17) is 21.4 Å². The Kier molecular flexibility index (Phi) is 4.55. The predicted molar refractivity (Wildman–Crippen MR) is 58.4 cm³/mol. The van der Waals surface area contributed by atoms with Crippen LogP contribution in [0.4, 0.5) is 4.39 Å². The molecule has 0 bridgehead atoms. The summed E-state index contributed by atoms with van der Waals surface area (Å²) >= 11 is 5.51. The van der Waals surface area contributed by atoms with Crippen LogP contribution in [0.15, 0.2) is 18.2 Å². The minimum Gasteiger partial charge on any atom is -0.491 e. The zero-order valence-corrected chi connectivity index (χ0v) is 9.50. The second kappa shape index (κ2) is 5.70. The van der Waals surface area contributed by atoms with Crippen LogP contribution in [0, 0.1) is 5.82 Å². The topological polar surface area (TPSA) is 46.5 Å². The Morgan fingerprint density at radius 3 is 2.88 bits per heavy atom. The molecular formula is C11H12ClFO3. The summed E-state index contributed by atoms with van der Waals surface area (Å²) in [6.45, 7) is 1.73. The lowest BCUT2D eigenvalue weighted by molar-refractivity contribution is -0.137. The first-order valence-corrected chi connectivity index (χ1v) is 5.20. The van der Waals surface area contributed by atoms with E-state index in [0.717, 1.165) is 0 Å². The zero-order valence-electron chi connectivity index (χ0n) is 8.74. The van der Waals surface area contributed by atoms with Crippen LogP contribution >= 0.6 is 11.6 Å². The van der Waals surface area contributed by atoms with Gasteiger partial charge in [0.1, 0.15) is 11.6 Å². The molecule has 0 saturated heterocycles. The van der Waals surface area contributed by atoms with Crippen molar-refractivity contribution in [3.05, 3.63) is 29.0 Å². The van der Waals surface area contributed by atoms with Gasteiger partial charge in [0.25, 0.3) is 0 Å². The number of aliphatic carboxylic acids is 1. The molecule has 0 saturated carbocycles. The van der Waals surface area contributed by atoms with E-state index in [1.54, 1.807) is 13.0 Å². The monoisotopic (exact) mass is 246 g/mol. The fourth-order valence-corrected chi connectivity index (χ4v) is 1.29. The van der Waals surface area contributed by atoms with E-state index in [9.17, 15) is 9.18 Å². The molecule has 88 valence electrons. The second-order valence-electron chi connectivity index (χ2n) is 3.44. The van der Waals surface area contributed by atoms with Gasteiger partial charge in [0, 0.05) is 12.5 Å². The molecule has 0 aromatic heterocycles. The summed E-state index contributed by atoms with van der Waals surface area (Å²) in [6.07, 6.45) is 0.119. The third-order valence-corrected chi connectivity index (χ3v) is 2.30. The van der Waals surface area contributed by atoms with Gasteiger partial charge in [-0.3, -0.25) is 4.79 Å². The van der Waals surface area contributed by atoms with Crippen molar-refractivity contribution in [1.29, 1.82) is 0 Å². The number of rotatable bonds is 5. The SMILES string of the molecule is CC(CCC(=O)O)Oc1ccc(Cl)c(F)c1. The normalized spacial score (nSPS) is 12.2. The van der Waals surface area contributed by atoms with Gasteiger partial charge in [-0.05, 0) is 25.5 Å². The van der Waals surface area contributed by atoms with Gasteiger partial charge in [-0.15, -0.1) is 0 Å². The first-order valence-electron chi connectivity index (χ1n) is 4.82. The van der Waals surface area contributed by atoms with Crippen LogP contribution in [0.1, 0.15) is 19.8 Å². The molecular weight excluding hydrogens is 235 g/mol. The Hall–Kier alpha value is -1.29. The number of carboxylic acids is 1. The molecule has 1 aromatic rings. The highest BCUT2D eigenvalue weighted by atomic mass is 35.5. The molecule has 5 heteroatoms. The van der Waals surface area contributed by atoms with Gasteiger partial charge in [-0.1, -0.05) is 11.6 Å². The molecule has 0 aliphatic rings. The van der Waals surface area contributed by atoms with Crippen molar-refractivity contribution in [3.63, 3.8) is 0 Å². The highest BCUT2D eigenvalue weighted by Crippen LogP contribution is 2.21. The number of carboxylic acid groups (broad SMARTS) is 1. The summed E-state index contributed by atoms with van der Waals surface area (Å²) in [5.74, 6) is -1.08. The number of benzene rings is 1. The number of hydrogen-bond donors (Lipinski definition) is 1. The maximum atomic E-state index is 13.0. The maximum Gasteiger partial charge on any atom is 0.303 e. The van der Waals surface area contributed by atoms with Gasteiger partial charge < -0.3 is 9.84 Å². The van der Waals surface area contributed by atoms with E-state index >= 15 is 0 Å². The third kappa shape index (κ3) is 4.06. The van der Waals surface area contributed by atoms with Crippen molar-refractivity contribution in [1.82, 2.24) is 0 Å². The van der Waals surface area contributed by atoms with Crippen molar-refractivity contribution < 1.29 is 19.0 Å². The summed E-state index contributed by atoms with van der Waals surface area (Å²) in [6, 6.07) is 4.12. The quantitative estimate of drug-likeness (QED) is 0.868. The van der Waals surface area contributed by atoms with E-state index in [1.807, 2.05) is 0 Å². The van der Waals surface area contributed by atoms with Crippen LogP contribution in [-0.4, -0.2) is 17.2 Å². The van der Waals surface area contributed by atoms with Crippen LogP contribution in [0.5, 0.6) is 5.75 Å². The summed E-state index contributed by atoms with van der Waals surface area (Å²) < 4.78 is 18.4. The summed E-state index contributed by atoms with van der Waals surface area (Å²) in [4.78, 5) is 10.3. The standard InChI is InChI=1S/C11H12ClFO3/c1-7(2-5-11(14)15)16-8-3-4-9(12)10(13)6-8/h3-4,6-7H,2,5H2,1H3,(H,14,15). The lowest BCUT2D eigenvalue weighted by Gasteiger charge is -2.13. The minimum absolute atomic E-state index is 0.0250. The third-order valence-electron chi connectivity index (χ3n) is 1.99. The molecule has 0 heterocycles. The van der Waals surface area contributed by atoms with Crippen LogP contribution in [0.25, 0.3) is 0 Å². The molecule has 0 fully saturated rings. The highest BCUT2D eigenvalue weighted by Gasteiger charge is 2.08. The molecule has 1 atom stereocenters. The molecule has 16 heavy (non-hydrogen) atoms. The van der Waals surface area contributed by atoms with Crippen LogP contribution in [0.2, 0.25) is 5.02 Å². The molecule has 0 amide bonds. The summed E-state index contributed by atoms with van der Waals surface area (Å²) in [5.41, 5.74) is 0. The largest absolute Gasteiger partial charge is 0.491 e. The van der Waals surface area contributed by atoms with Gasteiger partial charge in [0.2, 0.25) is 0 Å². The van der Waals surface area contributed by atoms with E-state index < -0.39 is 11.8 Å². The van der Waals surface area contributed by atoms with Crippen molar-refractivity contribution in [2.24, 2.45) is 0 Å². The zero-order chi connectivity index (χ0) is 12.1. The number of carbonyl (C=O) groups is 1. The number of halogens is 2. The van der Waals surface area contributed by atoms with Crippen molar-refractivity contribution in [2.75, 3.05) is 0 Å². The Morgan fingerprint density at radius 2 is 2.31 bits per heavy atom. The molecule has 1 unspecified atom stereocenters. The lowest BCUT2D eigenvalue weighted by atomic mass is 10.2. The van der Waals surface area contributed by atoms with Gasteiger partial charge in [0.05, 0.1) is 11.1 Å². The summed E-state index contributed by atoms with van der Waals surface area (Å²) in [5, 5.41) is 8.51. The predicted octanol–water partition coefficient (Wildman–Crippen LogP) is 3.11. The van der Waals surface area contributed by atoms with Crippen LogP contribution in [-0.2, 0) is 4.79 Å². The molecule has 1 N–H and O–H groups in total. The van der Waals surface area contributed by atoms with Crippen molar-refractivity contribution in [2.45, 2.75) is 25.9 Å². The molecule has 3 nitrogen and oxygen atoms in total. The molecule has 0 aliphatic heterocycles. The van der Waals surface area contributed by atoms with Crippen molar-refractivity contribution >= 4 is 17.6 Å². The molecule has 0 spiro atoms. The van der Waals surface area contributed by atoms with Gasteiger partial charge in [-0.2, -0.15) is 0 Å². The Labute approximate surface area is 97.8 Å². The summed E-state index contributed by atoms with van der Waals surface area (Å²) in [7, 11) is 0. The molecule has 1 aromatic carbocycles. The average molecular weight is 247 g/mol. The minimum atomic E-state index is -0.877. The Morgan fingerprint density at radius 1 is 1.62 bits per heavy atom. The van der Waals surface area contributed by atoms with Crippen LogP contribution in [0.3, 0.4) is 0 Å². The van der Waals surface area contributed by atoms with E-state index in [2.05, 4.69) is 0 Å². The number of hydrogen-bond acceptors (Lipinski definition) is 2. The second-order valence-corrected chi connectivity index (χ2v) is 3.84. The van der Waals surface area contributed by atoms with Crippen molar-refractivity contribution in [3.8, 4) is 5.75 Å². The van der Waals surface area contributed by atoms with E-state index in [0.29, 0.717) is 12.2 Å². The first kappa shape index (κ1) is 12.8.